The van der Waals surface area contributed by atoms with Crippen LogP contribution < -0.4 is 11.1 Å². The summed E-state index contributed by atoms with van der Waals surface area (Å²) >= 11 is 0. The normalized spacial score (nSPS) is 10.2. The topological polar surface area (TPSA) is 63.8 Å². The molecule has 0 aliphatic carbocycles. The lowest BCUT2D eigenvalue weighted by molar-refractivity contribution is 0.989. The molecule has 0 aliphatic rings. The SMILES string of the molecule is Cc1ccccc1CCNc1cc(N)ncn1. The molecule has 0 aliphatic heterocycles. The van der Waals surface area contributed by atoms with Crippen LogP contribution >= 0.6 is 0 Å². The Morgan fingerprint density at radius 2 is 2.06 bits per heavy atom. The van der Waals surface area contributed by atoms with Crippen LogP contribution in [0.4, 0.5) is 11.6 Å². The van der Waals surface area contributed by atoms with Gasteiger partial charge < -0.3 is 11.1 Å². The number of nitrogens with one attached hydrogen (secondary N) is 1. The van der Waals surface area contributed by atoms with Gasteiger partial charge in [0.1, 0.15) is 18.0 Å². The number of aromatic nitrogens is 2. The number of hydrogen-bond acceptors (Lipinski definition) is 4. The van der Waals surface area contributed by atoms with Gasteiger partial charge in [-0.05, 0) is 24.5 Å². The van der Waals surface area contributed by atoms with Gasteiger partial charge in [-0.15, -0.1) is 0 Å². The maximum absolute atomic E-state index is 5.57. The number of nitrogens with two attached hydrogens (primary N) is 1. The summed E-state index contributed by atoms with van der Waals surface area (Å²) in [5.74, 6) is 1.25. The Morgan fingerprint density at radius 1 is 1.24 bits per heavy atom. The van der Waals surface area contributed by atoms with Crippen LogP contribution in [0.2, 0.25) is 0 Å². The van der Waals surface area contributed by atoms with Crippen molar-refractivity contribution in [1.29, 1.82) is 0 Å². The predicted octanol–water partition coefficient (Wildman–Crippen LogP) is 2.02. The highest BCUT2D eigenvalue weighted by Crippen LogP contribution is 2.09. The molecule has 0 amide bonds. The largest absolute Gasteiger partial charge is 0.384 e. The van der Waals surface area contributed by atoms with Crippen LogP contribution in [0.5, 0.6) is 0 Å². The van der Waals surface area contributed by atoms with Gasteiger partial charge in [0.05, 0.1) is 0 Å². The minimum Gasteiger partial charge on any atom is -0.384 e. The van der Waals surface area contributed by atoms with Gasteiger partial charge in [-0.2, -0.15) is 0 Å². The van der Waals surface area contributed by atoms with E-state index in [1.165, 1.54) is 17.5 Å². The number of hydrogen-bond donors (Lipinski definition) is 2. The van der Waals surface area contributed by atoms with E-state index in [1.807, 2.05) is 0 Å². The van der Waals surface area contributed by atoms with Gasteiger partial charge in [-0.25, -0.2) is 9.97 Å². The summed E-state index contributed by atoms with van der Waals surface area (Å²) < 4.78 is 0. The molecule has 0 saturated heterocycles. The summed E-state index contributed by atoms with van der Waals surface area (Å²) in [5, 5.41) is 3.23. The third-order valence-electron chi connectivity index (χ3n) is 2.65. The van der Waals surface area contributed by atoms with Gasteiger partial charge in [0.2, 0.25) is 0 Å². The first-order valence-electron chi connectivity index (χ1n) is 5.61. The van der Waals surface area contributed by atoms with Crippen molar-refractivity contribution >= 4 is 11.6 Å². The lowest BCUT2D eigenvalue weighted by Crippen LogP contribution is -2.07. The van der Waals surface area contributed by atoms with Crippen molar-refractivity contribution in [3.8, 4) is 0 Å². The first kappa shape index (κ1) is 11.4. The number of aryl methyl sites for hydroxylation is 1. The number of nitrogen functional groups attached to an aromatic ring is 1. The molecule has 0 bridgehead atoms. The zero-order valence-electron chi connectivity index (χ0n) is 9.85. The third kappa shape index (κ3) is 3.17. The summed E-state index contributed by atoms with van der Waals surface area (Å²) in [6.45, 7) is 2.96. The molecule has 0 unspecified atom stereocenters. The van der Waals surface area contributed by atoms with E-state index in [4.69, 9.17) is 5.73 Å². The van der Waals surface area contributed by atoms with E-state index in [2.05, 4.69) is 46.5 Å². The molecular weight excluding hydrogens is 212 g/mol. The molecule has 2 aromatic rings. The number of rotatable bonds is 4. The molecule has 88 valence electrons. The maximum Gasteiger partial charge on any atom is 0.131 e. The fourth-order valence-electron chi connectivity index (χ4n) is 1.68. The minimum absolute atomic E-state index is 0.485. The Labute approximate surface area is 101 Å². The van der Waals surface area contributed by atoms with Gasteiger partial charge in [-0.3, -0.25) is 0 Å². The lowest BCUT2D eigenvalue weighted by Gasteiger charge is -2.07. The van der Waals surface area contributed by atoms with Gasteiger partial charge in [0.15, 0.2) is 0 Å². The Morgan fingerprint density at radius 3 is 2.82 bits per heavy atom. The molecule has 2 rings (SSSR count). The second kappa shape index (κ2) is 5.30. The van der Waals surface area contributed by atoms with Crippen molar-refractivity contribution in [2.45, 2.75) is 13.3 Å². The summed E-state index contributed by atoms with van der Waals surface area (Å²) in [4.78, 5) is 7.94. The molecule has 17 heavy (non-hydrogen) atoms. The van der Waals surface area contributed by atoms with E-state index in [-0.39, 0.29) is 0 Å². The zero-order valence-corrected chi connectivity index (χ0v) is 9.85. The molecule has 0 saturated carbocycles. The van der Waals surface area contributed by atoms with E-state index in [1.54, 1.807) is 6.07 Å². The Kier molecular flexibility index (Phi) is 3.55. The fraction of sp³-hybridized carbons (Fsp3) is 0.231. The van der Waals surface area contributed by atoms with Crippen molar-refractivity contribution < 1.29 is 0 Å². The third-order valence-corrected chi connectivity index (χ3v) is 2.65. The van der Waals surface area contributed by atoms with Crippen LogP contribution in [0.15, 0.2) is 36.7 Å². The highest BCUT2D eigenvalue weighted by Gasteiger charge is 1.98. The van der Waals surface area contributed by atoms with E-state index >= 15 is 0 Å². The molecule has 0 atom stereocenters. The average molecular weight is 228 g/mol. The number of benzene rings is 1. The van der Waals surface area contributed by atoms with Gasteiger partial charge >= 0.3 is 0 Å². The highest BCUT2D eigenvalue weighted by molar-refractivity contribution is 5.43. The molecule has 0 fully saturated rings. The lowest BCUT2D eigenvalue weighted by atomic mass is 10.1. The van der Waals surface area contributed by atoms with Gasteiger partial charge in [0, 0.05) is 12.6 Å². The van der Waals surface area contributed by atoms with Gasteiger partial charge in [0.25, 0.3) is 0 Å². The van der Waals surface area contributed by atoms with E-state index < -0.39 is 0 Å². The van der Waals surface area contributed by atoms with Crippen molar-refractivity contribution in [2.24, 2.45) is 0 Å². The van der Waals surface area contributed by atoms with Crippen molar-refractivity contribution in [3.63, 3.8) is 0 Å². The Balaban J connectivity index is 1.90. The van der Waals surface area contributed by atoms with Crippen molar-refractivity contribution in [1.82, 2.24) is 9.97 Å². The smallest absolute Gasteiger partial charge is 0.131 e. The molecule has 4 heteroatoms. The zero-order chi connectivity index (χ0) is 12.1. The van der Waals surface area contributed by atoms with Crippen molar-refractivity contribution in [2.75, 3.05) is 17.6 Å². The van der Waals surface area contributed by atoms with Crippen LogP contribution in [-0.4, -0.2) is 16.5 Å². The van der Waals surface area contributed by atoms with Crippen LogP contribution in [0.1, 0.15) is 11.1 Å². The van der Waals surface area contributed by atoms with Crippen LogP contribution in [0, 0.1) is 6.92 Å². The predicted molar refractivity (Wildman–Crippen MR) is 69.8 cm³/mol. The highest BCUT2D eigenvalue weighted by atomic mass is 15.0. The monoisotopic (exact) mass is 228 g/mol. The first-order chi connectivity index (χ1) is 8.25. The molecule has 0 radical (unpaired) electrons. The fourth-order valence-corrected chi connectivity index (χ4v) is 1.68. The average Bonchev–Trinajstić information content (AvgIpc) is 2.32. The molecule has 3 N–H and O–H groups in total. The Hall–Kier alpha value is -2.10. The summed E-state index contributed by atoms with van der Waals surface area (Å²) in [6, 6.07) is 10.1. The molecule has 1 aromatic carbocycles. The Bertz CT molecular complexity index is 496. The molecule has 1 heterocycles. The van der Waals surface area contributed by atoms with Crippen LogP contribution in [0.25, 0.3) is 0 Å². The van der Waals surface area contributed by atoms with Crippen LogP contribution in [-0.2, 0) is 6.42 Å². The minimum atomic E-state index is 0.485. The molecule has 4 nitrogen and oxygen atoms in total. The maximum atomic E-state index is 5.57. The second-order valence-electron chi connectivity index (χ2n) is 3.93. The van der Waals surface area contributed by atoms with Gasteiger partial charge in [-0.1, -0.05) is 24.3 Å². The van der Waals surface area contributed by atoms with E-state index in [0.29, 0.717) is 5.82 Å². The summed E-state index contributed by atoms with van der Waals surface area (Å²) in [6.07, 6.45) is 2.43. The van der Waals surface area contributed by atoms with E-state index in [0.717, 1.165) is 18.8 Å². The first-order valence-corrected chi connectivity index (χ1v) is 5.61. The summed E-state index contributed by atoms with van der Waals surface area (Å²) in [7, 11) is 0. The van der Waals surface area contributed by atoms with Crippen molar-refractivity contribution in [3.05, 3.63) is 47.8 Å². The molecule has 1 aromatic heterocycles. The number of nitrogens with zero attached hydrogens (tertiary/aromatic N) is 2. The molecular formula is C13H16N4. The quantitative estimate of drug-likeness (QED) is 0.840. The number of anilines is 2. The standard InChI is InChI=1S/C13H16N4/c1-10-4-2-3-5-11(10)6-7-15-13-8-12(14)16-9-17-13/h2-5,8-9H,6-7H2,1H3,(H3,14,15,16,17). The summed E-state index contributed by atoms with van der Waals surface area (Å²) in [5.41, 5.74) is 8.24. The second-order valence-corrected chi connectivity index (χ2v) is 3.93. The van der Waals surface area contributed by atoms with Crippen LogP contribution in [0.3, 0.4) is 0 Å². The van der Waals surface area contributed by atoms with E-state index in [9.17, 15) is 0 Å². The molecule has 0 spiro atoms.